The van der Waals surface area contributed by atoms with E-state index < -0.39 is 17.3 Å². The summed E-state index contributed by atoms with van der Waals surface area (Å²) in [7, 11) is 0. The molecule has 1 heterocycles. The number of nitrogens with zero attached hydrogens (tertiary/aromatic N) is 1. The number of H-pyrrole nitrogens is 1. The zero-order valence-corrected chi connectivity index (χ0v) is 10.8. The van der Waals surface area contributed by atoms with Crippen molar-refractivity contribution in [3.63, 3.8) is 0 Å². The van der Waals surface area contributed by atoms with Crippen molar-refractivity contribution in [1.82, 2.24) is 10.2 Å². The third-order valence-electron chi connectivity index (χ3n) is 2.46. The minimum Gasteiger partial charge on any atom is -0.320 e. The number of nitrogens with two attached hydrogens (primary N) is 1. The predicted octanol–water partition coefficient (Wildman–Crippen LogP) is 0.471. The largest absolute Gasteiger partial charge is 0.320 e. The first-order chi connectivity index (χ1) is 10.1. The van der Waals surface area contributed by atoms with Crippen LogP contribution in [-0.2, 0) is 0 Å². The molecule has 0 saturated heterocycles. The molecule has 0 saturated carbocycles. The third kappa shape index (κ3) is 3.75. The molecule has 1 aromatic heterocycles. The highest BCUT2D eigenvalue weighted by atomic mass is 19.1. The molecule has 0 bridgehead atoms. The molecule has 0 aliphatic heterocycles. The molecule has 2 aromatic rings. The monoisotopic (exact) mass is 286 g/mol. The van der Waals surface area contributed by atoms with Crippen molar-refractivity contribution in [2.24, 2.45) is 5.73 Å². The Morgan fingerprint density at radius 2 is 2.19 bits per heavy atom. The third-order valence-corrected chi connectivity index (χ3v) is 2.46. The fourth-order valence-corrected chi connectivity index (χ4v) is 1.51. The molecule has 0 aliphatic carbocycles. The average Bonchev–Trinajstić information content (AvgIpc) is 2.47. The molecule has 0 aliphatic rings. The van der Waals surface area contributed by atoms with Gasteiger partial charge >= 0.3 is 0 Å². The highest BCUT2D eigenvalue weighted by Crippen LogP contribution is 2.14. The average molecular weight is 286 g/mol. The van der Waals surface area contributed by atoms with Gasteiger partial charge in [-0.2, -0.15) is 5.10 Å². The van der Waals surface area contributed by atoms with Crippen LogP contribution in [0.1, 0.15) is 16.1 Å². The Morgan fingerprint density at radius 3 is 2.81 bits per heavy atom. The summed E-state index contributed by atoms with van der Waals surface area (Å²) < 4.78 is 13.7. The topological polar surface area (TPSA) is 101 Å². The molecule has 4 N–H and O–H groups in total. The molecular weight excluding hydrogens is 275 g/mol. The predicted molar refractivity (Wildman–Crippen MR) is 75.1 cm³/mol. The molecule has 1 aromatic carbocycles. The molecule has 21 heavy (non-hydrogen) atoms. The Labute approximate surface area is 119 Å². The first-order valence-corrected chi connectivity index (χ1v) is 5.95. The molecule has 6 nitrogen and oxygen atoms in total. The van der Waals surface area contributed by atoms with Gasteiger partial charge in [0.1, 0.15) is 11.5 Å². The first-order valence-electron chi connectivity index (χ1n) is 5.95. The molecule has 106 valence electrons. The lowest BCUT2D eigenvalue weighted by atomic mass is 10.2. The maximum absolute atomic E-state index is 13.7. The number of benzene rings is 1. The number of nitrogens with one attached hydrogen (secondary N) is 2. The highest BCUT2D eigenvalue weighted by Gasteiger charge is 2.09. The van der Waals surface area contributed by atoms with E-state index in [-0.39, 0.29) is 23.5 Å². The Hall–Kier alpha value is -2.98. The molecular formula is C14H11FN4O2. The summed E-state index contributed by atoms with van der Waals surface area (Å²) in [4.78, 5) is 22.7. The van der Waals surface area contributed by atoms with E-state index in [9.17, 15) is 14.0 Å². The van der Waals surface area contributed by atoms with E-state index >= 15 is 0 Å². The van der Waals surface area contributed by atoms with Crippen LogP contribution in [-0.4, -0.2) is 22.6 Å². The normalized spacial score (nSPS) is 9.62. The van der Waals surface area contributed by atoms with Gasteiger partial charge in [-0.15, -0.1) is 0 Å². The Balaban J connectivity index is 2.16. The maximum atomic E-state index is 13.7. The van der Waals surface area contributed by atoms with E-state index in [0.29, 0.717) is 0 Å². The van der Waals surface area contributed by atoms with Crippen molar-refractivity contribution < 1.29 is 9.18 Å². The number of rotatable bonds is 2. The lowest BCUT2D eigenvalue weighted by Crippen LogP contribution is -2.17. The summed E-state index contributed by atoms with van der Waals surface area (Å²) in [5, 5.41) is 8.18. The van der Waals surface area contributed by atoms with E-state index in [1.165, 1.54) is 24.3 Å². The fourth-order valence-electron chi connectivity index (χ4n) is 1.51. The van der Waals surface area contributed by atoms with Gasteiger partial charge in [0.05, 0.1) is 12.1 Å². The summed E-state index contributed by atoms with van der Waals surface area (Å²) in [5.41, 5.74) is 5.26. The maximum Gasteiger partial charge on any atom is 0.276 e. The van der Waals surface area contributed by atoms with Crippen LogP contribution in [0.15, 0.2) is 35.1 Å². The van der Waals surface area contributed by atoms with Crippen LogP contribution in [0.3, 0.4) is 0 Å². The van der Waals surface area contributed by atoms with Crippen LogP contribution in [0.2, 0.25) is 0 Å². The van der Waals surface area contributed by atoms with Crippen LogP contribution < -0.4 is 16.6 Å². The van der Waals surface area contributed by atoms with Gasteiger partial charge < -0.3 is 11.1 Å². The number of hydrogen-bond acceptors (Lipinski definition) is 4. The van der Waals surface area contributed by atoms with Gasteiger partial charge in [-0.1, -0.05) is 11.8 Å². The Bertz CT molecular complexity index is 769. The second-order valence-corrected chi connectivity index (χ2v) is 3.96. The van der Waals surface area contributed by atoms with Gasteiger partial charge in [0.15, 0.2) is 0 Å². The quantitative estimate of drug-likeness (QED) is 0.699. The number of amides is 1. The van der Waals surface area contributed by atoms with E-state index in [1.54, 1.807) is 0 Å². The Kier molecular flexibility index (Phi) is 4.43. The number of anilines is 1. The van der Waals surface area contributed by atoms with Crippen molar-refractivity contribution >= 4 is 11.6 Å². The van der Waals surface area contributed by atoms with E-state index in [2.05, 4.69) is 27.4 Å². The molecule has 0 spiro atoms. The minimum absolute atomic E-state index is 0.0157. The van der Waals surface area contributed by atoms with Crippen LogP contribution in [0.4, 0.5) is 10.1 Å². The highest BCUT2D eigenvalue weighted by molar-refractivity contribution is 6.02. The van der Waals surface area contributed by atoms with Crippen LogP contribution in [0, 0.1) is 17.7 Å². The fraction of sp³-hybridized carbons (Fsp3) is 0.0714. The number of aromatic amines is 1. The molecule has 0 unspecified atom stereocenters. The van der Waals surface area contributed by atoms with Crippen molar-refractivity contribution in [2.75, 3.05) is 11.9 Å². The number of hydrogen-bond donors (Lipinski definition) is 3. The molecule has 0 radical (unpaired) electrons. The molecule has 7 heteroatoms. The van der Waals surface area contributed by atoms with E-state index in [4.69, 9.17) is 5.73 Å². The van der Waals surface area contributed by atoms with Crippen molar-refractivity contribution in [1.29, 1.82) is 0 Å². The molecule has 0 atom stereocenters. The number of carbonyl (C=O) groups is 1. The summed E-state index contributed by atoms with van der Waals surface area (Å²) in [6.45, 7) is 0.135. The minimum atomic E-state index is -0.567. The van der Waals surface area contributed by atoms with E-state index in [0.717, 1.165) is 6.07 Å². The van der Waals surface area contributed by atoms with Crippen LogP contribution >= 0.6 is 0 Å². The van der Waals surface area contributed by atoms with Gasteiger partial charge in [0, 0.05) is 11.8 Å². The molecule has 2 rings (SSSR count). The standard InChI is InChI=1S/C14H11FN4O2/c15-11-8-10(4-3-9(11)2-1-7-16)17-14(21)12-5-6-13(20)19-18-12/h3-6,8H,7,16H2,(H,17,21)(H,19,20). The summed E-state index contributed by atoms with van der Waals surface area (Å²) >= 11 is 0. The van der Waals surface area contributed by atoms with Crippen LogP contribution in [0.5, 0.6) is 0 Å². The van der Waals surface area contributed by atoms with E-state index in [1.807, 2.05) is 0 Å². The van der Waals surface area contributed by atoms with Gasteiger partial charge in [0.2, 0.25) is 0 Å². The number of halogens is 1. The van der Waals surface area contributed by atoms with Gasteiger partial charge in [-0.3, -0.25) is 9.59 Å². The van der Waals surface area contributed by atoms with Crippen molar-refractivity contribution in [3.05, 3.63) is 57.8 Å². The SMILES string of the molecule is NCC#Cc1ccc(NC(=O)c2ccc(=O)[nH]n2)cc1F. The lowest BCUT2D eigenvalue weighted by molar-refractivity contribution is 0.102. The van der Waals surface area contributed by atoms with Crippen molar-refractivity contribution in [3.8, 4) is 11.8 Å². The van der Waals surface area contributed by atoms with Gasteiger partial charge in [-0.05, 0) is 24.3 Å². The second-order valence-electron chi connectivity index (χ2n) is 3.96. The first kappa shape index (κ1) is 14.4. The van der Waals surface area contributed by atoms with Gasteiger partial charge in [-0.25, -0.2) is 9.49 Å². The summed E-state index contributed by atoms with van der Waals surface area (Å²) in [6, 6.07) is 6.53. The smallest absolute Gasteiger partial charge is 0.276 e. The number of carbonyl (C=O) groups excluding carboxylic acids is 1. The van der Waals surface area contributed by atoms with Gasteiger partial charge in [0.25, 0.3) is 11.5 Å². The Morgan fingerprint density at radius 1 is 1.38 bits per heavy atom. The molecule has 0 fully saturated rings. The molecule has 1 amide bonds. The summed E-state index contributed by atoms with van der Waals surface area (Å²) in [5.74, 6) is 3.99. The number of aromatic nitrogens is 2. The zero-order valence-electron chi connectivity index (χ0n) is 10.8. The zero-order chi connectivity index (χ0) is 15.2. The van der Waals surface area contributed by atoms with Crippen molar-refractivity contribution in [2.45, 2.75) is 0 Å². The second kappa shape index (κ2) is 6.45. The lowest BCUT2D eigenvalue weighted by Gasteiger charge is -2.05. The summed E-state index contributed by atoms with van der Waals surface area (Å²) in [6.07, 6.45) is 0. The van der Waals surface area contributed by atoms with Crippen LogP contribution in [0.25, 0.3) is 0 Å².